The van der Waals surface area contributed by atoms with Crippen molar-refractivity contribution in [1.82, 2.24) is 28.4 Å². The van der Waals surface area contributed by atoms with Crippen molar-refractivity contribution in [1.29, 1.82) is 0 Å². The molecule has 0 spiro atoms. The van der Waals surface area contributed by atoms with Crippen molar-refractivity contribution in [3.05, 3.63) is 62.6 Å². The highest BCUT2D eigenvalue weighted by atomic mass is 16.2. The summed E-state index contributed by atoms with van der Waals surface area (Å²) in [6, 6.07) is 10.5. The van der Waals surface area contributed by atoms with Crippen molar-refractivity contribution >= 4 is 22.6 Å². The van der Waals surface area contributed by atoms with Crippen LogP contribution in [0, 0.1) is 13.8 Å². The van der Waals surface area contributed by atoms with Gasteiger partial charge >= 0.3 is 5.69 Å². The fraction of sp³-hybridized carbons (Fsp3) is 0.409. The molecular weight excluding hydrogens is 394 g/mol. The van der Waals surface area contributed by atoms with Crippen LogP contribution in [0.15, 0.2) is 39.9 Å². The van der Waals surface area contributed by atoms with Gasteiger partial charge in [-0.15, -0.1) is 0 Å². The second-order valence-corrected chi connectivity index (χ2v) is 8.22. The van der Waals surface area contributed by atoms with E-state index < -0.39 is 11.2 Å². The smallest absolute Gasteiger partial charge is 0.329 e. The summed E-state index contributed by atoms with van der Waals surface area (Å²) in [6.45, 7) is 9.77. The highest BCUT2D eigenvalue weighted by Crippen LogP contribution is 2.21. The standard InChI is InChI=1S/C22H27N7O2/c1-15-16(2)29-18-19(25(3)22(31)24-20(18)30)23-21(29)28(15)14-11-26-9-12-27(13-10-26)17-7-5-4-6-8-17/h4-8H,9-14H2,1-3H3,(H,24,30,31). The van der Waals surface area contributed by atoms with Gasteiger partial charge in [0.2, 0.25) is 5.78 Å². The van der Waals surface area contributed by atoms with Crippen LogP contribution in [0.1, 0.15) is 11.4 Å². The first-order chi connectivity index (χ1) is 15.0. The summed E-state index contributed by atoms with van der Waals surface area (Å²) < 4.78 is 5.42. The zero-order valence-corrected chi connectivity index (χ0v) is 18.1. The van der Waals surface area contributed by atoms with Crippen molar-refractivity contribution in [3.8, 4) is 0 Å². The van der Waals surface area contributed by atoms with Crippen molar-refractivity contribution in [2.24, 2.45) is 7.05 Å². The third kappa shape index (κ3) is 3.16. The topological polar surface area (TPSA) is 83.6 Å². The number of nitrogens with one attached hydrogen (secondary N) is 1. The Kier molecular flexibility index (Phi) is 4.70. The minimum absolute atomic E-state index is 0.400. The fourth-order valence-corrected chi connectivity index (χ4v) is 4.55. The van der Waals surface area contributed by atoms with Crippen LogP contribution in [0.25, 0.3) is 16.9 Å². The second-order valence-electron chi connectivity index (χ2n) is 8.22. The minimum atomic E-state index is -0.449. The summed E-state index contributed by atoms with van der Waals surface area (Å²) in [6.07, 6.45) is 0. The van der Waals surface area contributed by atoms with Gasteiger partial charge in [0, 0.05) is 63.4 Å². The number of nitrogens with zero attached hydrogens (tertiary/aromatic N) is 6. The van der Waals surface area contributed by atoms with Gasteiger partial charge in [-0.25, -0.2) is 4.79 Å². The number of benzene rings is 1. The zero-order chi connectivity index (χ0) is 21.7. The Labute approximate surface area is 179 Å². The van der Waals surface area contributed by atoms with E-state index in [9.17, 15) is 9.59 Å². The van der Waals surface area contributed by atoms with Gasteiger partial charge < -0.3 is 9.47 Å². The maximum absolute atomic E-state index is 12.5. The average Bonchev–Trinajstić information content (AvgIpc) is 3.28. The van der Waals surface area contributed by atoms with Crippen molar-refractivity contribution in [2.45, 2.75) is 20.4 Å². The Bertz CT molecular complexity index is 1370. The lowest BCUT2D eigenvalue weighted by Gasteiger charge is -2.36. The summed E-state index contributed by atoms with van der Waals surface area (Å²) >= 11 is 0. The maximum atomic E-state index is 12.5. The predicted molar refractivity (Wildman–Crippen MR) is 121 cm³/mol. The number of aryl methyl sites for hydroxylation is 2. The predicted octanol–water partition coefficient (Wildman–Crippen LogP) is 1.12. The number of anilines is 1. The van der Waals surface area contributed by atoms with Gasteiger partial charge in [-0.1, -0.05) is 18.2 Å². The van der Waals surface area contributed by atoms with E-state index in [0.29, 0.717) is 16.9 Å². The number of imidazole rings is 2. The number of rotatable bonds is 4. The van der Waals surface area contributed by atoms with Crippen LogP contribution in [0.4, 0.5) is 5.69 Å². The van der Waals surface area contributed by atoms with Crippen LogP contribution in [0.3, 0.4) is 0 Å². The van der Waals surface area contributed by atoms with Gasteiger partial charge in [0.1, 0.15) is 0 Å². The average molecular weight is 422 g/mol. The Morgan fingerprint density at radius 3 is 2.39 bits per heavy atom. The number of hydrogen-bond acceptors (Lipinski definition) is 5. The summed E-state index contributed by atoms with van der Waals surface area (Å²) in [5, 5.41) is 0. The molecule has 0 bridgehead atoms. The first-order valence-corrected chi connectivity index (χ1v) is 10.6. The number of fused-ring (bicyclic) bond motifs is 3. The second kappa shape index (κ2) is 7.42. The molecular formula is C22H27N7O2. The van der Waals surface area contributed by atoms with E-state index in [1.807, 2.05) is 17.4 Å². The molecule has 3 aromatic heterocycles. The highest BCUT2D eigenvalue weighted by molar-refractivity contribution is 5.76. The Hall–Kier alpha value is -3.33. The lowest BCUT2D eigenvalue weighted by atomic mass is 10.2. The van der Waals surface area contributed by atoms with E-state index >= 15 is 0 Å². The van der Waals surface area contributed by atoms with Crippen LogP contribution in [0.2, 0.25) is 0 Å². The Balaban J connectivity index is 1.39. The van der Waals surface area contributed by atoms with E-state index in [2.05, 4.69) is 55.5 Å². The minimum Gasteiger partial charge on any atom is -0.369 e. The lowest BCUT2D eigenvalue weighted by Crippen LogP contribution is -2.47. The molecule has 4 heterocycles. The van der Waals surface area contributed by atoms with E-state index in [4.69, 9.17) is 0 Å². The first kappa shape index (κ1) is 19.6. The SMILES string of the molecule is Cc1c(C)n2c3c(=O)[nH]c(=O)n(C)c3nc2n1CCN1CCN(c2ccccc2)CC1. The monoisotopic (exact) mass is 421 g/mol. The number of aromatic nitrogens is 5. The molecule has 0 radical (unpaired) electrons. The molecule has 0 amide bonds. The molecule has 0 saturated carbocycles. The number of piperazine rings is 1. The Morgan fingerprint density at radius 1 is 0.968 bits per heavy atom. The van der Waals surface area contributed by atoms with E-state index in [0.717, 1.165) is 50.7 Å². The molecule has 0 atom stereocenters. The van der Waals surface area contributed by atoms with Crippen molar-refractivity contribution in [2.75, 3.05) is 37.6 Å². The fourth-order valence-electron chi connectivity index (χ4n) is 4.55. The van der Waals surface area contributed by atoms with Gasteiger partial charge in [-0.2, -0.15) is 4.98 Å². The Morgan fingerprint density at radius 2 is 1.68 bits per heavy atom. The summed E-state index contributed by atoms with van der Waals surface area (Å²) in [5.74, 6) is 0.708. The molecule has 31 heavy (non-hydrogen) atoms. The van der Waals surface area contributed by atoms with E-state index in [-0.39, 0.29) is 0 Å². The van der Waals surface area contributed by atoms with Crippen LogP contribution < -0.4 is 16.1 Å². The van der Waals surface area contributed by atoms with Gasteiger partial charge in [0.25, 0.3) is 5.56 Å². The van der Waals surface area contributed by atoms with Gasteiger partial charge in [0.05, 0.1) is 0 Å². The quantitative estimate of drug-likeness (QED) is 0.534. The van der Waals surface area contributed by atoms with Crippen LogP contribution in [0.5, 0.6) is 0 Å². The zero-order valence-electron chi connectivity index (χ0n) is 18.1. The molecule has 1 aromatic carbocycles. The normalized spacial score (nSPS) is 15.4. The highest BCUT2D eigenvalue weighted by Gasteiger charge is 2.22. The molecule has 1 N–H and O–H groups in total. The van der Waals surface area contributed by atoms with Crippen molar-refractivity contribution < 1.29 is 0 Å². The van der Waals surface area contributed by atoms with E-state index in [1.165, 1.54) is 10.3 Å². The molecule has 1 saturated heterocycles. The van der Waals surface area contributed by atoms with E-state index in [1.54, 1.807) is 7.05 Å². The molecule has 0 aliphatic carbocycles. The molecule has 9 heteroatoms. The van der Waals surface area contributed by atoms with Crippen LogP contribution >= 0.6 is 0 Å². The maximum Gasteiger partial charge on any atom is 0.329 e. The number of H-pyrrole nitrogens is 1. The third-order valence-electron chi connectivity index (χ3n) is 6.54. The first-order valence-electron chi connectivity index (χ1n) is 10.6. The van der Waals surface area contributed by atoms with Crippen LogP contribution in [-0.2, 0) is 13.6 Å². The number of aromatic amines is 1. The number of para-hydroxylation sites is 1. The third-order valence-corrected chi connectivity index (χ3v) is 6.54. The molecule has 9 nitrogen and oxygen atoms in total. The molecule has 0 unspecified atom stereocenters. The number of hydrogen-bond donors (Lipinski definition) is 1. The van der Waals surface area contributed by atoms with Gasteiger partial charge in [0.15, 0.2) is 11.2 Å². The van der Waals surface area contributed by atoms with Gasteiger partial charge in [-0.3, -0.25) is 23.6 Å². The summed E-state index contributed by atoms with van der Waals surface area (Å²) in [7, 11) is 1.63. The molecule has 1 aliphatic rings. The molecule has 162 valence electrons. The van der Waals surface area contributed by atoms with Gasteiger partial charge in [-0.05, 0) is 26.0 Å². The molecule has 5 rings (SSSR count). The summed E-state index contributed by atoms with van der Waals surface area (Å²) in [4.78, 5) is 36.4. The largest absolute Gasteiger partial charge is 0.369 e. The molecule has 1 fully saturated rings. The molecule has 4 aromatic rings. The summed E-state index contributed by atoms with van der Waals surface area (Å²) in [5.41, 5.74) is 3.32. The lowest BCUT2D eigenvalue weighted by molar-refractivity contribution is 0.248. The molecule has 1 aliphatic heterocycles. The van der Waals surface area contributed by atoms with Crippen LogP contribution in [-0.4, -0.2) is 61.1 Å². The van der Waals surface area contributed by atoms with Crippen molar-refractivity contribution in [3.63, 3.8) is 0 Å².